The molecule has 1 unspecified atom stereocenters. The second-order valence-electron chi connectivity index (χ2n) is 5.77. The van der Waals surface area contributed by atoms with Gasteiger partial charge in [0.25, 0.3) is 0 Å². The van der Waals surface area contributed by atoms with Gasteiger partial charge in [-0.05, 0) is 45.8 Å². The van der Waals surface area contributed by atoms with Crippen molar-refractivity contribution in [3.63, 3.8) is 0 Å². The van der Waals surface area contributed by atoms with E-state index in [0.717, 1.165) is 38.6 Å². The maximum Gasteiger partial charge on any atom is 0.326 e. The summed E-state index contributed by atoms with van der Waals surface area (Å²) in [5, 5.41) is 14.6. The number of hydrogen-bond acceptors (Lipinski definition) is 3. The van der Waals surface area contributed by atoms with Crippen LogP contribution < -0.4 is 10.6 Å². The summed E-state index contributed by atoms with van der Waals surface area (Å²) in [5.41, 5.74) is 0. The molecule has 1 fully saturated rings. The highest BCUT2D eigenvalue weighted by Crippen LogP contribution is 2.26. The minimum absolute atomic E-state index is 0.0637. The molecule has 2 amide bonds. The van der Waals surface area contributed by atoms with E-state index in [-0.39, 0.29) is 11.9 Å². The molecule has 3 N–H and O–H groups in total. The Balaban J connectivity index is 2.33. The summed E-state index contributed by atoms with van der Waals surface area (Å²) in [6.07, 6.45) is 5.90. The molecule has 0 radical (unpaired) electrons. The molecule has 0 saturated heterocycles. The Labute approximate surface area is 120 Å². The molecule has 1 aliphatic rings. The normalized spacial score (nSPS) is 17.8. The van der Waals surface area contributed by atoms with Crippen molar-refractivity contribution in [3.05, 3.63) is 0 Å². The first-order valence-electron chi connectivity index (χ1n) is 7.42. The number of carboxylic acids is 1. The SMILES string of the molecule is CN(C)CCCNC(=O)NC(C(=O)O)C1CCCCC1. The molecule has 1 rings (SSSR count). The molecule has 0 bridgehead atoms. The van der Waals surface area contributed by atoms with Crippen LogP contribution >= 0.6 is 0 Å². The van der Waals surface area contributed by atoms with Gasteiger partial charge in [-0.15, -0.1) is 0 Å². The zero-order valence-corrected chi connectivity index (χ0v) is 12.5. The lowest BCUT2D eigenvalue weighted by atomic mass is 9.84. The third-order valence-corrected chi connectivity index (χ3v) is 3.74. The van der Waals surface area contributed by atoms with E-state index in [0.29, 0.717) is 6.54 Å². The predicted octanol–water partition coefficient (Wildman–Crippen LogP) is 1.27. The lowest BCUT2D eigenvalue weighted by Gasteiger charge is -2.28. The standard InChI is InChI=1S/C14H27N3O3/c1-17(2)10-6-9-15-14(20)16-12(13(18)19)11-7-4-3-5-8-11/h11-12H,3-10H2,1-2H3,(H,18,19)(H2,15,16,20). The van der Waals surface area contributed by atoms with Gasteiger partial charge in [-0.3, -0.25) is 0 Å². The van der Waals surface area contributed by atoms with Gasteiger partial charge in [0.05, 0.1) is 0 Å². The molecule has 116 valence electrons. The highest BCUT2D eigenvalue weighted by Gasteiger charge is 2.30. The van der Waals surface area contributed by atoms with Crippen molar-refractivity contribution in [1.82, 2.24) is 15.5 Å². The molecule has 0 aliphatic heterocycles. The summed E-state index contributed by atoms with van der Waals surface area (Å²) < 4.78 is 0. The van der Waals surface area contributed by atoms with Crippen molar-refractivity contribution in [2.75, 3.05) is 27.2 Å². The Morgan fingerprint density at radius 2 is 1.90 bits per heavy atom. The minimum Gasteiger partial charge on any atom is -0.480 e. The van der Waals surface area contributed by atoms with Crippen LogP contribution in [0.25, 0.3) is 0 Å². The second-order valence-corrected chi connectivity index (χ2v) is 5.77. The summed E-state index contributed by atoms with van der Waals surface area (Å²) in [7, 11) is 3.95. The van der Waals surface area contributed by atoms with Gasteiger partial charge in [0.15, 0.2) is 0 Å². The van der Waals surface area contributed by atoms with Crippen molar-refractivity contribution in [3.8, 4) is 0 Å². The number of carboxylic acid groups (broad SMARTS) is 1. The molecule has 1 aliphatic carbocycles. The summed E-state index contributed by atoms with van der Waals surface area (Å²) in [5.74, 6) is -0.867. The first-order valence-corrected chi connectivity index (χ1v) is 7.42. The molecule has 0 aromatic rings. The van der Waals surface area contributed by atoms with Crippen LogP contribution in [0.2, 0.25) is 0 Å². The lowest BCUT2D eigenvalue weighted by Crippen LogP contribution is -2.50. The topological polar surface area (TPSA) is 81.7 Å². The maximum absolute atomic E-state index is 11.7. The number of nitrogens with zero attached hydrogens (tertiary/aromatic N) is 1. The van der Waals surface area contributed by atoms with Gasteiger partial charge >= 0.3 is 12.0 Å². The molecular weight excluding hydrogens is 258 g/mol. The minimum atomic E-state index is -0.930. The molecule has 0 spiro atoms. The smallest absolute Gasteiger partial charge is 0.326 e. The van der Waals surface area contributed by atoms with Crippen LogP contribution in [-0.4, -0.2) is 55.2 Å². The fourth-order valence-corrected chi connectivity index (χ4v) is 2.64. The predicted molar refractivity (Wildman–Crippen MR) is 77.7 cm³/mol. The van der Waals surface area contributed by atoms with Gasteiger partial charge in [0, 0.05) is 6.54 Å². The van der Waals surface area contributed by atoms with Crippen LogP contribution in [0.15, 0.2) is 0 Å². The van der Waals surface area contributed by atoms with E-state index in [2.05, 4.69) is 10.6 Å². The highest BCUT2D eigenvalue weighted by molar-refractivity contribution is 5.82. The van der Waals surface area contributed by atoms with E-state index in [1.54, 1.807) is 0 Å². The molecular formula is C14H27N3O3. The number of carbonyl (C=O) groups is 2. The van der Waals surface area contributed by atoms with Crippen molar-refractivity contribution in [2.24, 2.45) is 5.92 Å². The van der Waals surface area contributed by atoms with Crippen molar-refractivity contribution < 1.29 is 14.7 Å². The van der Waals surface area contributed by atoms with Gasteiger partial charge in [-0.2, -0.15) is 0 Å². The number of hydrogen-bond donors (Lipinski definition) is 3. The van der Waals surface area contributed by atoms with Crippen LogP contribution in [0.4, 0.5) is 4.79 Å². The molecule has 1 atom stereocenters. The maximum atomic E-state index is 11.7. The van der Waals surface area contributed by atoms with Crippen molar-refractivity contribution in [2.45, 2.75) is 44.6 Å². The lowest BCUT2D eigenvalue weighted by molar-refractivity contribution is -0.141. The zero-order valence-electron chi connectivity index (χ0n) is 12.5. The Kier molecular flexibility index (Phi) is 7.36. The highest BCUT2D eigenvalue weighted by atomic mass is 16.4. The fourth-order valence-electron chi connectivity index (χ4n) is 2.64. The first kappa shape index (κ1) is 16.8. The van der Waals surface area contributed by atoms with Gasteiger partial charge in [0.2, 0.25) is 0 Å². The monoisotopic (exact) mass is 285 g/mol. The Hall–Kier alpha value is -1.30. The van der Waals surface area contributed by atoms with Crippen LogP contribution in [0.5, 0.6) is 0 Å². The van der Waals surface area contributed by atoms with Gasteiger partial charge in [-0.1, -0.05) is 19.3 Å². The first-order chi connectivity index (χ1) is 9.50. The number of urea groups is 1. The van der Waals surface area contributed by atoms with E-state index < -0.39 is 12.0 Å². The molecule has 0 aromatic carbocycles. The molecule has 6 nitrogen and oxygen atoms in total. The summed E-state index contributed by atoms with van der Waals surface area (Å²) in [4.78, 5) is 25.1. The number of carbonyl (C=O) groups excluding carboxylic acids is 1. The van der Waals surface area contributed by atoms with Crippen LogP contribution in [0.1, 0.15) is 38.5 Å². The number of nitrogens with one attached hydrogen (secondary N) is 2. The van der Waals surface area contributed by atoms with E-state index in [1.165, 1.54) is 6.42 Å². The van der Waals surface area contributed by atoms with E-state index in [4.69, 9.17) is 0 Å². The number of aliphatic carboxylic acids is 1. The van der Waals surface area contributed by atoms with Gasteiger partial charge < -0.3 is 20.6 Å². The third kappa shape index (κ3) is 6.23. The van der Waals surface area contributed by atoms with Crippen LogP contribution in [0.3, 0.4) is 0 Å². The number of amides is 2. The molecule has 0 aromatic heterocycles. The van der Waals surface area contributed by atoms with Gasteiger partial charge in [-0.25, -0.2) is 9.59 Å². The fraction of sp³-hybridized carbons (Fsp3) is 0.857. The average molecular weight is 285 g/mol. The molecule has 20 heavy (non-hydrogen) atoms. The number of rotatable bonds is 7. The summed E-state index contributed by atoms with van der Waals surface area (Å²) in [6, 6.07) is -1.13. The molecule has 1 saturated carbocycles. The van der Waals surface area contributed by atoms with E-state index in [9.17, 15) is 14.7 Å². The van der Waals surface area contributed by atoms with Crippen LogP contribution in [-0.2, 0) is 4.79 Å². The van der Waals surface area contributed by atoms with E-state index in [1.807, 2.05) is 19.0 Å². The Bertz CT molecular complexity index is 315. The molecule has 6 heteroatoms. The zero-order chi connectivity index (χ0) is 15.0. The Morgan fingerprint density at radius 3 is 2.45 bits per heavy atom. The van der Waals surface area contributed by atoms with Crippen molar-refractivity contribution >= 4 is 12.0 Å². The average Bonchev–Trinajstić information content (AvgIpc) is 2.41. The van der Waals surface area contributed by atoms with Crippen LogP contribution in [0, 0.1) is 5.92 Å². The third-order valence-electron chi connectivity index (χ3n) is 3.74. The van der Waals surface area contributed by atoms with E-state index >= 15 is 0 Å². The Morgan fingerprint density at radius 1 is 1.25 bits per heavy atom. The summed E-state index contributed by atoms with van der Waals surface area (Å²) >= 11 is 0. The quantitative estimate of drug-likeness (QED) is 0.615. The van der Waals surface area contributed by atoms with Gasteiger partial charge in [0.1, 0.15) is 6.04 Å². The summed E-state index contributed by atoms with van der Waals surface area (Å²) in [6.45, 7) is 1.45. The second kappa shape index (κ2) is 8.79. The largest absolute Gasteiger partial charge is 0.480 e. The molecule has 0 heterocycles. The van der Waals surface area contributed by atoms with Crippen molar-refractivity contribution in [1.29, 1.82) is 0 Å².